The Labute approximate surface area is 144 Å². The van der Waals surface area contributed by atoms with Crippen molar-refractivity contribution in [3.05, 3.63) is 24.3 Å². The fourth-order valence-electron chi connectivity index (χ4n) is 2.30. The van der Waals surface area contributed by atoms with Crippen LogP contribution in [0.25, 0.3) is 0 Å². The van der Waals surface area contributed by atoms with E-state index in [1.54, 1.807) is 34.1 Å². The number of para-hydroxylation sites is 2. The second kappa shape index (κ2) is 10.5. The van der Waals surface area contributed by atoms with Gasteiger partial charge in [-0.2, -0.15) is 0 Å². The highest BCUT2D eigenvalue weighted by molar-refractivity contribution is 5.78. The summed E-state index contributed by atoms with van der Waals surface area (Å²) in [5.41, 5.74) is 0. The van der Waals surface area contributed by atoms with E-state index >= 15 is 0 Å². The Balaban J connectivity index is 2.65. The van der Waals surface area contributed by atoms with Gasteiger partial charge in [0.1, 0.15) is 0 Å². The molecule has 1 aromatic rings. The van der Waals surface area contributed by atoms with E-state index in [4.69, 9.17) is 9.47 Å². The second-order valence-electron chi connectivity index (χ2n) is 5.16. The summed E-state index contributed by atoms with van der Waals surface area (Å²) >= 11 is 0. The molecule has 0 radical (unpaired) electrons. The van der Waals surface area contributed by atoms with Gasteiger partial charge in [0.25, 0.3) is 11.8 Å². The molecule has 134 valence electrons. The van der Waals surface area contributed by atoms with Crippen molar-refractivity contribution >= 4 is 11.8 Å². The molecule has 0 unspecified atom stereocenters. The highest BCUT2D eigenvalue weighted by atomic mass is 16.5. The van der Waals surface area contributed by atoms with Crippen molar-refractivity contribution in [1.29, 1.82) is 0 Å². The third kappa shape index (κ3) is 5.76. The zero-order chi connectivity index (χ0) is 17.9. The Morgan fingerprint density at radius 3 is 1.38 bits per heavy atom. The molecule has 1 aromatic carbocycles. The van der Waals surface area contributed by atoms with Gasteiger partial charge in [-0.05, 0) is 39.8 Å². The van der Waals surface area contributed by atoms with Crippen molar-refractivity contribution in [3.63, 3.8) is 0 Å². The summed E-state index contributed by atoms with van der Waals surface area (Å²) in [5, 5.41) is 0. The summed E-state index contributed by atoms with van der Waals surface area (Å²) < 4.78 is 11.2. The van der Waals surface area contributed by atoms with Crippen molar-refractivity contribution in [2.75, 3.05) is 39.4 Å². The number of carbonyl (C=O) groups excluding carboxylic acids is 2. The van der Waals surface area contributed by atoms with Crippen LogP contribution in [0.3, 0.4) is 0 Å². The Hall–Kier alpha value is -2.24. The van der Waals surface area contributed by atoms with Crippen molar-refractivity contribution in [1.82, 2.24) is 9.80 Å². The maximum atomic E-state index is 12.0. The zero-order valence-electron chi connectivity index (χ0n) is 15.1. The van der Waals surface area contributed by atoms with E-state index in [2.05, 4.69) is 0 Å². The highest BCUT2D eigenvalue weighted by Gasteiger charge is 2.14. The summed E-state index contributed by atoms with van der Waals surface area (Å²) in [7, 11) is 0. The summed E-state index contributed by atoms with van der Waals surface area (Å²) in [6.07, 6.45) is 0. The molecule has 6 heteroatoms. The molecule has 0 aromatic heterocycles. The molecule has 0 saturated carbocycles. The van der Waals surface area contributed by atoms with Crippen LogP contribution in [0, 0.1) is 0 Å². The molecule has 24 heavy (non-hydrogen) atoms. The monoisotopic (exact) mass is 336 g/mol. The lowest BCUT2D eigenvalue weighted by Crippen LogP contribution is -2.35. The molecule has 0 aliphatic rings. The zero-order valence-corrected chi connectivity index (χ0v) is 15.1. The van der Waals surface area contributed by atoms with E-state index in [0.717, 1.165) is 0 Å². The SMILES string of the molecule is CCN(CC)C(=O)COc1ccccc1OCC(=O)N(CC)CC. The lowest BCUT2D eigenvalue weighted by molar-refractivity contribution is -0.134. The van der Waals surface area contributed by atoms with Crippen LogP contribution in [0.2, 0.25) is 0 Å². The molecular formula is C18H28N2O4. The first-order valence-corrected chi connectivity index (χ1v) is 8.47. The number of rotatable bonds is 10. The summed E-state index contributed by atoms with van der Waals surface area (Å²) in [6, 6.07) is 7.06. The number of ether oxygens (including phenoxy) is 2. The number of carbonyl (C=O) groups is 2. The van der Waals surface area contributed by atoms with Gasteiger partial charge in [-0.25, -0.2) is 0 Å². The fourth-order valence-corrected chi connectivity index (χ4v) is 2.30. The van der Waals surface area contributed by atoms with Crippen molar-refractivity contribution < 1.29 is 19.1 Å². The predicted octanol–water partition coefficient (Wildman–Crippen LogP) is 2.18. The number of amides is 2. The number of likely N-dealkylation sites (N-methyl/N-ethyl adjacent to an activating group) is 2. The molecule has 0 fully saturated rings. The van der Waals surface area contributed by atoms with Gasteiger partial charge in [-0.15, -0.1) is 0 Å². The van der Waals surface area contributed by atoms with E-state index in [0.29, 0.717) is 37.7 Å². The topological polar surface area (TPSA) is 59.1 Å². The van der Waals surface area contributed by atoms with E-state index < -0.39 is 0 Å². The van der Waals surface area contributed by atoms with Crippen LogP contribution in [-0.4, -0.2) is 61.0 Å². The molecular weight excluding hydrogens is 308 g/mol. The standard InChI is InChI=1S/C18H28N2O4/c1-5-19(6-2)17(21)13-23-15-11-9-10-12-16(15)24-14-18(22)20(7-3)8-4/h9-12H,5-8,13-14H2,1-4H3. The van der Waals surface area contributed by atoms with Crippen LogP contribution < -0.4 is 9.47 Å². The lowest BCUT2D eigenvalue weighted by Gasteiger charge is -2.20. The average Bonchev–Trinajstić information content (AvgIpc) is 2.61. The van der Waals surface area contributed by atoms with Gasteiger partial charge in [0.2, 0.25) is 0 Å². The molecule has 0 saturated heterocycles. The summed E-state index contributed by atoms with van der Waals surface area (Å²) in [4.78, 5) is 27.4. The van der Waals surface area contributed by atoms with Gasteiger partial charge in [-0.3, -0.25) is 9.59 Å². The molecule has 2 amide bonds. The smallest absolute Gasteiger partial charge is 0.260 e. The quantitative estimate of drug-likeness (QED) is 0.657. The van der Waals surface area contributed by atoms with Crippen LogP contribution in [0.15, 0.2) is 24.3 Å². The van der Waals surface area contributed by atoms with Gasteiger partial charge in [0.05, 0.1) is 0 Å². The maximum Gasteiger partial charge on any atom is 0.260 e. The summed E-state index contributed by atoms with van der Waals surface area (Å²) in [5.74, 6) is 0.777. The van der Waals surface area contributed by atoms with E-state index in [1.807, 2.05) is 27.7 Å². The van der Waals surface area contributed by atoms with E-state index in [9.17, 15) is 9.59 Å². The number of nitrogens with zero attached hydrogens (tertiary/aromatic N) is 2. The van der Waals surface area contributed by atoms with Gasteiger partial charge in [0, 0.05) is 26.2 Å². The summed E-state index contributed by atoms with van der Waals surface area (Å²) in [6.45, 7) is 10.2. The Bertz CT molecular complexity index is 479. The van der Waals surface area contributed by atoms with Crippen molar-refractivity contribution in [2.24, 2.45) is 0 Å². The van der Waals surface area contributed by atoms with Crippen LogP contribution >= 0.6 is 0 Å². The van der Waals surface area contributed by atoms with Crippen LogP contribution in [0.1, 0.15) is 27.7 Å². The highest BCUT2D eigenvalue weighted by Crippen LogP contribution is 2.26. The molecule has 0 atom stereocenters. The Morgan fingerprint density at radius 2 is 1.08 bits per heavy atom. The van der Waals surface area contributed by atoms with Gasteiger partial charge in [-0.1, -0.05) is 12.1 Å². The van der Waals surface area contributed by atoms with Gasteiger partial charge < -0.3 is 19.3 Å². The minimum absolute atomic E-state index is 0.0496. The number of benzene rings is 1. The lowest BCUT2D eigenvalue weighted by atomic mass is 10.3. The maximum absolute atomic E-state index is 12.0. The van der Waals surface area contributed by atoms with Crippen LogP contribution in [-0.2, 0) is 9.59 Å². The second-order valence-corrected chi connectivity index (χ2v) is 5.16. The first-order valence-electron chi connectivity index (χ1n) is 8.47. The normalized spacial score (nSPS) is 10.2. The predicted molar refractivity (Wildman–Crippen MR) is 93.3 cm³/mol. The molecule has 6 nitrogen and oxygen atoms in total. The third-order valence-electron chi connectivity index (χ3n) is 3.78. The van der Waals surface area contributed by atoms with Gasteiger partial charge >= 0.3 is 0 Å². The average molecular weight is 336 g/mol. The molecule has 0 bridgehead atoms. The minimum Gasteiger partial charge on any atom is -0.480 e. The Morgan fingerprint density at radius 1 is 0.750 bits per heavy atom. The van der Waals surface area contributed by atoms with Crippen molar-refractivity contribution in [2.45, 2.75) is 27.7 Å². The van der Waals surface area contributed by atoms with Gasteiger partial charge in [0.15, 0.2) is 24.7 Å². The molecule has 1 rings (SSSR count). The molecule has 0 aliphatic carbocycles. The van der Waals surface area contributed by atoms with Crippen molar-refractivity contribution in [3.8, 4) is 11.5 Å². The fraction of sp³-hybridized carbons (Fsp3) is 0.556. The van der Waals surface area contributed by atoms with Crippen LogP contribution in [0.4, 0.5) is 0 Å². The largest absolute Gasteiger partial charge is 0.480 e. The first-order chi connectivity index (χ1) is 11.6. The molecule has 0 aliphatic heterocycles. The Kier molecular flexibility index (Phi) is 8.68. The number of hydrogen-bond acceptors (Lipinski definition) is 4. The first kappa shape index (κ1) is 19.8. The van der Waals surface area contributed by atoms with Crippen LogP contribution in [0.5, 0.6) is 11.5 Å². The molecule has 0 spiro atoms. The molecule has 0 N–H and O–H groups in total. The number of hydrogen-bond donors (Lipinski definition) is 0. The third-order valence-corrected chi connectivity index (χ3v) is 3.78. The molecule has 0 heterocycles. The van der Waals surface area contributed by atoms with E-state index in [1.165, 1.54) is 0 Å². The van der Waals surface area contributed by atoms with E-state index in [-0.39, 0.29) is 25.0 Å². The minimum atomic E-state index is -0.0750.